The van der Waals surface area contributed by atoms with Gasteiger partial charge in [0.15, 0.2) is 0 Å². The second kappa shape index (κ2) is 6.35. The van der Waals surface area contributed by atoms with Crippen molar-refractivity contribution in [3.63, 3.8) is 0 Å². The molecule has 2 aromatic rings. The highest BCUT2D eigenvalue weighted by Crippen LogP contribution is 2.25. The number of carbonyl (C=O) groups is 2. The van der Waals surface area contributed by atoms with Gasteiger partial charge in [-0.2, -0.15) is 5.10 Å². The lowest BCUT2D eigenvalue weighted by Crippen LogP contribution is -2.37. The number of fused-ring (bicyclic) bond motifs is 1. The molecule has 0 saturated heterocycles. The van der Waals surface area contributed by atoms with Gasteiger partial charge in [0.05, 0.1) is 11.7 Å². The first-order valence-electron chi connectivity index (χ1n) is 8.40. The number of rotatable bonds is 2. The minimum Gasteiger partial charge on any atom is -0.427 e. The molecule has 3 rings (SSSR count). The second-order valence-corrected chi connectivity index (χ2v) is 7.29. The van der Waals surface area contributed by atoms with Gasteiger partial charge in [-0.05, 0) is 45.0 Å². The van der Waals surface area contributed by atoms with Crippen molar-refractivity contribution in [1.29, 1.82) is 0 Å². The molecule has 1 aliphatic rings. The molecule has 0 spiro atoms. The molecule has 0 bridgehead atoms. The van der Waals surface area contributed by atoms with Gasteiger partial charge in [0.2, 0.25) is 0 Å². The highest BCUT2D eigenvalue weighted by atomic mass is 16.5. The maximum atomic E-state index is 12.7. The van der Waals surface area contributed by atoms with Gasteiger partial charge in [-0.15, -0.1) is 0 Å². The van der Waals surface area contributed by atoms with Crippen LogP contribution in [0.3, 0.4) is 0 Å². The fraction of sp³-hybridized carbons (Fsp3) is 0.421. The van der Waals surface area contributed by atoms with Crippen LogP contribution in [0.4, 0.5) is 0 Å². The zero-order valence-corrected chi connectivity index (χ0v) is 15.1. The van der Waals surface area contributed by atoms with Crippen LogP contribution in [-0.4, -0.2) is 33.1 Å². The van der Waals surface area contributed by atoms with Crippen LogP contribution in [0, 0.1) is 0 Å². The average Bonchev–Trinajstić information content (AvgIpc) is 2.97. The third-order valence-electron chi connectivity index (χ3n) is 4.22. The summed E-state index contributed by atoms with van der Waals surface area (Å²) in [6.45, 7) is 8.96. The number of carbonyl (C=O) groups excluding carboxylic acids is 2. The Bertz CT molecular complexity index is 800. The molecular formula is C19H23N3O3. The van der Waals surface area contributed by atoms with E-state index in [-0.39, 0.29) is 17.4 Å². The molecule has 0 aliphatic carbocycles. The summed E-state index contributed by atoms with van der Waals surface area (Å²) >= 11 is 0. The number of hydrogen-bond acceptors (Lipinski definition) is 4. The van der Waals surface area contributed by atoms with E-state index in [0.717, 1.165) is 12.0 Å². The summed E-state index contributed by atoms with van der Waals surface area (Å²) in [5, 5.41) is 4.51. The third kappa shape index (κ3) is 3.57. The van der Waals surface area contributed by atoms with Gasteiger partial charge < -0.3 is 9.64 Å². The Morgan fingerprint density at radius 2 is 1.84 bits per heavy atom. The monoisotopic (exact) mass is 341 g/mol. The average molecular weight is 341 g/mol. The minimum atomic E-state index is -0.376. The maximum Gasteiger partial charge on any atom is 0.308 e. The quantitative estimate of drug-likeness (QED) is 0.622. The number of nitrogens with zero attached hydrogens (tertiary/aromatic N) is 3. The smallest absolute Gasteiger partial charge is 0.308 e. The van der Waals surface area contributed by atoms with Crippen molar-refractivity contribution in [3.8, 4) is 5.75 Å². The van der Waals surface area contributed by atoms with Crippen LogP contribution in [0.5, 0.6) is 5.75 Å². The van der Waals surface area contributed by atoms with Gasteiger partial charge in [-0.25, -0.2) is 0 Å². The van der Waals surface area contributed by atoms with Crippen molar-refractivity contribution < 1.29 is 14.3 Å². The molecule has 0 saturated carbocycles. The Morgan fingerprint density at radius 1 is 1.16 bits per heavy atom. The third-order valence-corrected chi connectivity index (χ3v) is 4.22. The Morgan fingerprint density at radius 3 is 2.44 bits per heavy atom. The Labute approximate surface area is 147 Å². The fourth-order valence-corrected chi connectivity index (χ4v) is 3.10. The molecule has 6 nitrogen and oxygen atoms in total. The summed E-state index contributed by atoms with van der Waals surface area (Å²) in [5.74, 6) is 0.0402. The zero-order chi connectivity index (χ0) is 18.2. The van der Waals surface area contributed by atoms with E-state index in [0.29, 0.717) is 24.4 Å². The van der Waals surface area contributed by atoms with Crippen molar-refractivity contribution in [2.24, 2.45) is 0 Å². The maximum absolute atomic E-state index is 12.7. The van der Waals surface area contributed by atoms with E-state index >= 15 is 0 Å². The number of ether oxygens (including phenoxy) is 1. The lowest BCUT2D eigenvalue weighted by atomic mass is 10.0. The van der Waals surface area contributed by atoms with E-state index in [9.17, 15) is 9.59 Å². The molecule has 1 aromatic heterocycles. The largest absolute Gasteiger partial charge is 0.427 e. The Hall–Kier alpha value is -2.63. The first-order valence-corrected chi connectivity index (χ1v) is 8.40. The van der Waals surface area contributed by atoms with Crippen molar-refractivity contribution in [2.75, 3.05) is 6.54 Å². The second-order valence-electron chi connectivity index (χ2n) is 7.29. The van der Waals surface area contributed by atoms with Gasteiger partial charge in [0.25, 0.3) is 5.91 Å². The fourth-order valence-electron chi connectivity index (χ4n) is 3.10. The van der Waals surface area contributed by atoms with Crippen molar-refractivity contribution >= 4 is 11.9 Å². The summed E-state index contributed by atoms with van der Waals surface area (Å²) in [6.07, 6.45) is 2.66. The summed E-state index contributed by atoms with van der Waals surface area (Å²) in [6, 6.07) is 6.66. The normalized spacial score (nSPS) is 14.2. The number of benzene rings is 1. The lowest BCUT2D eigenvalue weighted by molar-refractivity contribution is -0.131. The molecule has 1 aliphatic heterocycles. The van der Waals surface area contributed by atoms with Crippen LogP contribution in [-0.2, 0) is 23.3 Å². The highest BCUT2D eigenvalue weighted by Gasteiger charge is 2.28. The standard InChI is InChI=1S/C19H23N3O3/c1-13(23)25-16-7-5-14(6-8-16)18(24)21-10-9-17-15(12-21)11-20-22(17)19(2,3)4/h5-8,11H,9-10,12H2,1-4H3. The van der Waals surface area contributed by atoms with Gasteiger partial charge in [-0.1, -0.05) is 0 Å². The van der Waals surface area contributed by atoms with E-state index in [2.05, 4.69) is 30.6 Å². The number of amides is 1. The first kappa shape index (κ1) is 17.2. The topological polar surface area (TPSA) is 64.4 Å². The molecule has 132 valence electrons. The van der Waals surface area contributed by atoms with Gasteiger partial charge in [0.1, 0.15) is 5.75 Å². The van der Waals surface area contributed by atoms with Gasteiger partial charge in [-0.3, -0.25) is 14.3 Å². The van der Waals surface area contributed by atoms with Crippen LogP contribution < -0.4 is 4.74 Å². The summed E-state index contributed by atoms with van der Waals surface area (Å²) in [4.78, 5) is 25.5. The molecule has 1 amide bonds. The number of aromatic nitrogens is 2. The predicted molar refractivity (Wildman–Crippen MR) is 93.4 cm³/mol. The molecule has 0 unspecified atom stereocenters. The van der Waals surface area contributed by atoms with E-state index in [1.54, 1.807) is 24.3 Å². The van der Waals surface area contributed by atoms with E-state index in [1.807, 2.05) is 11.1 Å². The molecule has 0 fully saturated rings. The summed E-state index contributed by atoms with van der Waals surface area (Å²) in [7, 11) is 0. The molecular weight excluding hydrogens is 318 g/mol. The van der Waals surface area contributed by atoms with Crippen LogP contribution in [0.1, 0.15) is 49.3 Å². The first-order chi connectivity index (χ1) is 11.8. The number of hydrogen-bond donors (Lipinski definition) is 0. The Balaban J connectivity index is 1.74. The molecule has 25 heavy (non-hydrogen) atoms. The molecule has 6 heteroatoms. The summed E-state index contributed by atoms with van der Waals surface area (Å²) in [5.41, 5.74) is 2.84. The molecule has 0 N–H and O–H groups in total. The van der Waals surface area contributed by atoms with Gasteiger partial charge >= 0.3 is 5.97 Å². The van der Waals surface area contributed by atoms with Crippen LogP contribution in [0.2, 0.25) is 0 Å². The van der Waals surface area contributed by atoms with Crippen LogP contribution >= 0.6 is 0 Å². The lowest BCUT2D eigenvalue weighted by Gasteiger charge is -2.30. The van der Waals surface area contributed by atoms with Crippen molar-refractivity contribution in [3.05, 3.63) is 47.3 Å². The van der Waals surface area contributed by atoms with Crippen molar-refractivity contribution in [1.82, 2.24) is 14.7 Å². The summed E-state index contributed by atoms with van der Waals surface area (Å²) < 4.78 is 7.05. The Kier molecular flexibility index (Phi) is 4.37. The van der Waals surface area contributed by atoms with Crippen molar-refractivity contribution in [2.45, 2.75) is 46.2 Å². The zero-order valence-electron chi connectivity index (χ0n) is 15.1. The molecule has 2 heterocycles. The highest BCUT2D eigenvalue weighted by molar-refractivity contribution is 5.94. The van der Waals surface area contributed by atoms with Crippen LogP contribution in [0.15, 0.2) is 30.5 Å². The SMILES string of the molecule is CC(=O)Oc1ccc(C(=O)N2CCc3c(cnn3C(C)(C)C)C2)cc1. The number of esters is 1. The molecule has 0 atom stereocenters. The van der Waals surface area contributed by atoms with E-state index < -0.39 is 0 Å². The molecule has 1 aromatic carbocycles. The van der Waals surface area contributed by atoms with Gasteiger partial charge in [0, 0.05) is 43.3 Å². The molecule has 0 radical (unpaired) electrons. The van der Waals surface area contributed by atoms with Crippen LogP contribution in [0.25, 0.3) is 0 Å². The predicted octanol–water partition coefficient (Wildman–Crippen LogP) is 2.76. The van der Waals surface area contributed by atoms with E-state index in [1.165, 1.54) is 12.6 Å². The van der Waals surface area contributed by atoms with E-state index in [4.69, 9.17) is 4.74 Å². The minimum absolute atomic E-state index is 0.0245.